The summed E-state index contributed by atoms with van der Waals surface area (Å²) in [5.41, 5.74) is 7.78. The number of nitriles is 1. The predicted octanol–water partition coefficient (Wildman–Crippen LogP) is 3.30. The molecule has 8 heteroatoms. The lowest BCUT2D eigenvalue weighted by atomic mass is 10.1. The molecule has 4 rings (SSSR count). The Kier molecular flexibility index (Phi) is 4.61. The van der Waals surface area contributed by atoms with Crippen molar-refractivity contribution in [3.63, 3.8) is 0 Å². The van der Waals surface area contributed by atoms with Crippen LogP contribution in [-0.4, -0.2) is 27.2 Å². The molecule has 7 nitrogen and oxygen atoms in total. The minimum Gasteiger partial charge on any atom is -0.495 e. The van der Waals surface area contributed by atoms with Crippen LogP contribution in [0.3, 0.4) is 0 Å². The molecular formula is C20H15N5O2S. The van der Waals surface area contributed by atoms with Gasteiger partial charge in [-0.25, -0.2) is 9.97 Å². The van der Waals surface area contributed by atoms with E-state index in [0.29, 0.717) is 49.3 Å². The number of anilines is 1. The predicted molar refractivity (Wildman–Crippen MR) is 107 cm³/mol. The van der Waals surface area contributed by atoms with Gasteiger partial charge in [-0.1, -0.05) is 12.1 Å². The standard InChI is InChI=1S/C20H15N5O2S/c1-27-14-6-3-7-23-16(14)17(26)15-9-13-18(22)24-19(25-20(13)28-15)12-5-2-4-11(8-12)10-21/h2-9,17,26H,1H3,(H2,22,24,25). The van der Waals surface area contributed by atoms with Crippen molar-refractivity contribution >= 4 is 27.4 Å². The van der Waals surface area contributed by atoms with E-state index in [0.717, 1.165) is 0 Å². The fourth-order valence-corrected chi connectivity index (χ4v) is 3.90. The van der Waals surface area contributed by atoms with Crippen LogP contribution in [0.15, 0.2) is 48.7 Å². The van der Waals surface area contributed by atoms with Gasteiger partial charge in [0.05, 0.1) is 24.1 Å². The molecule has 0 bridgehead atoms. The molecule has 28 heavy (non-hydrogen) atoms. The van der Waals surface area contributed by atoms with Crippen molar-refractivity contribution in [3.05, 3.63) is 64.8 Å². The van der Waals surface area contributed by atoms with Crippen molar-refractivity contribution in [1.29, 1.82) is 5.26 Å². The number of aliphatic hydroxyl groups excluding tert-OH is 1. The van der Waals surface area contributed by atoms with Crippen LogP contribution in [0, 0.1) is 11.3 Å². The maximum Gasteiger partial charge on any atom is 0.163 e. The number of thiophene rings is 1. The monoisotopic (exact) mass is 389 g/mol. The Morgan fingerprint density at radius 1 is 1.21 bits per heavy atom. The van der Waals surface area contributed by atoms with Gasteiger partial charge in [0, 0.05) is 16.6 Å². The molecule has 1 atom stereocenters. The Labute approximate surface area is 164 Å². The molecule has 4 aromatic rings. The molecule has 0 aliphatic heterocycles. The van der Waals surface area contributed by atoms with E-state index in [9.17, 15) is 5.11 Å². The van der Waals surface area contributed by atoms with Gasteiger partial charge in [0.15, 0.2) is 5.82 Å². The van der Waals surface area contributed by atoms with Crippen molar-refractivity contribution in [2.24, 2.45) is 0 Å². The number of hydrogen-bond donors (Lipinski definition) is 2. The van der Waals surface area contributed by atoms with Crippen molar-refractivity contribution in [2.75, 3.05) is 12.8 Å². The van der Waals surface area contributed by atoms with E-state index in [1.54, 1.807) is 42.6 Å². The van der Waals surface area contributed by atoms with Crippen LogP contribution in [0.1, 0.15) is 22.2 Å². The maximum absolute atomic E-state index is 10.8. The number of nitrogen functional groups attached to an aromatic ring is 1. The molecule has 0 saturated carbocycles. The summed E-state index contributed by atoms with van der Waals surface area (Å²) in [6.07, 6.45) is 0.628. The fraction of sp³-hybridized carbons (Fsp3) is 0.100. The van der Waals surface area contributed by atoms with Gasteiger partial charge in [0.25, 0.3) is 0 Å². The number of methoxy groups -OCH3 is 1. The summed E-state index contributed by atoms with van der Waals surface area (Å²) in [4.78, 5) is 14.5. The lowest BCUT2D eigenvalue weighted by Gasteiger charge is -2.11. The van der Waals surface area contributed by atoms with E-state index in [1.165, 1.54) is 18.4 Å². The van der Waals surface area contributed by atoms with Crippen LogP contribution in [0.5, 0.6) is 5.75 Å². The van der Waals surface area contributed by atoms with E-state index in [-0.39, 0.29) is 0 Å². The van der Waals surface area contributed by atoms with Crippen molar-refractivity contribution < 1.29 is 9.84 Å². The summed E-state index contributed by atoms with van der Waals surface area (Å²) >= 11 is 1.31. The second kappa shape index (κ2) is 7.23. The largest absolute Gasteiger partial charge is 0.495 e. The van der Waals surface area contributed by atoms with Crippen LogP contribution in [0.25, 0.3) is 21.6 Å². The van der Waals surface area contributed by atoms with Crippen LogP contribution in [0.4, 0.5) is 5.82 Å². The molecule has 0 aliphatic carbocycles. The molecule has 0 radical (unpaired) electrons. The Morgan fingerprint density at radius 2 is 2.07 bits per heavy atom. The molecule has 0 spiro atoms. The molecule has 138 valence electrons. The molecule has 1 unspecified atom stereocenters. The number of aromatic nitrogens is 3. The second-order valence-electron chi connectivity index (χ2n) is 5.99. The zero-order valence-electron chi connectivity index (χ0n) is 14.8. The lowest BCUT2D eigenvalue weighted by Crippen LogP contribution is -2.03. The highest BCUT2D eigenvalue weighted by molar-refractivity contribution is 7.18. The Hall–Kier alpha value is -3.54. The summed E-state index contributed by atoms with van der Waals surface area (Å²) in [6.45, 7) is 0. The Morgan fingerprint density at radius 3 is 2.86 bits per heavy atom. The molecule has 1 aromatic carbocycles. The van der Waals surface area contributed by atoms with Crippen molar-refractivity contribution in [1.82, 2.24) is 15.0 Å². The van der Waals surface area contributed by atoms with Gasteiger partial charge in [-0.2, -0.15) is 5.26 Å². The number of nitrogens with zero attached hydrogens (tertiary/aromatic N) is 4. The second-order valence-corrected chi connectivity index (χ2v) is 7.05. The van der Waals surface area contributed by atoms with Crippen molar-refractivity contribution in [2.45, 2.75) is 6.10 Å². The first-order chi connectivity index (χ1) is 13.6. The molecule has 0 fully saturated rings. The quantitative estimate of drug-likeness (QED) is 0.550. The molecule has 0 saturated heterocycles. The van der Waals surface area contributed by atoms with E-state index in [4.69, 9.17) is 15.7 Å². The Balaban J connectivity index is 1.79. The first kappa shape index (κ1) is 17.9. The zero-order chi connectivity index (χ0) is 19.7. The molecule has 3 heterocycles. The van der Waals surface area contributed by atoms with Crippen LogP contribution >= 0.6 is 11.3 Å². The van der Waals surface area contributed by atoms with E-state index < -0.39 is 6.10 Å². The summed E-state index contributed by atoms with van der Waals surface area (Å²) in [6, 6.07) is 14.4. The normalized spacial score (nSPS) is 11.9. The maximum atomic E-state index is 10.8. The average molecular weight is 389 g/mol. The molecule has 0 aliphatic rings. The van der Waals surface area contributed by atoms with Gasteiger partial charge in [0.2, 0.25) is 0 Å². The number of pyridine rings is 1. The number of fused-ring (bicyclic) bond motifs is 1. The third-order valence-electron chi connectivity index (χ3n) is 4.24. The summed E-state index contributed by atoms with van der Waals surface area (Å²) in [5.74, 6) is 1.24. The summed E-state index contributed by atoms with van der Waals surface area (Å²) in [7, 11) is 1.53. The molecular weight excluding hydrogens is 374 g/mol. The molecule has 3 aromatic heterocycles. The first-order valence-electron chi connectivity index (χ1n) is 8.35. The molecule has 0 amide bonds. The van der Waals surface area contributed by atoms with E-state index in [2.05, 4.69) is 21.0 Å². The van der Waals surface area contributed by atoms with E-state index in [1.807, 2.05) is 6.07 Å². The van der Waals surface area contributed by atoms with Gasteiger partial charge in [-0.3, -0.25) is 4.98 Å². The highest BCUT2D eigenvalue weighted by Gasteiger charge is 2.21. The number of rotatable bonds is 4. The zero-order valence-corrected chi connectivity index (χ0v) is 15.6. The summed E-state index contributed by atoms with van der Waals surface area (Å²) in [5, 5.41) is 20.5. The van der Waals surface area contributed by atoms with Gasteiger partial charge in [-0.05, 0) is 30.3 Å². The van der Waals surface area contributed by atoms with Crippen LogP contribution in [0.2, 0.25) is 0 Å². The molecule has 3 N–H and O–H groups in total. The van der Waals surface area contributed by atoms with Gasteiger partial charge >= 0.3 is 0 Å². The SMILES string of the molecule is COc1cccnc1C(O)c1cc2c(N)nc(-c3cccc(C#N)c3)nc2s1. The smallest absolute Gasteiger partial charge is 0.163 e. The number of benzene rings is 1. The highest BCUT2D eigenvalue weighted by atomic mass is 32.1. The third kappa shape index (κ3) is 3.13. The third-order valence-corrected chi connectivity index (χ3v) is 5.32. The average Bonchev–Trinajstić information content (AvgIpc) is 3.18. The van der Waals surface area contributed by atoms with E-state index >= 15 is 0 Å². The Bertz CT molecular complexity index is 1210. The number of ether oxygens (including phenoxy) is 1. The topological polar surface area (TPSA) is 118 Å². The van der Waals surface area contributed by atoms with Gasteiger partial charge in [-0.15, -0.1) is 11.3 Å². The summed E-state index contributed by atoms with van der Waals surface area (Å²) < 4.78 is 5.29. The van der Waals surface area contributed by atoms with Gasteiger partial charge < -0.3 is 15.6 Å². The van der Waals surface area contributed by atoms with Gasteiger partial charge in [0.1, 0.15) is 28.2 Å². The minimum absolute atomic E-state index is 0.310. The fourth-order valence-electron chi connectivity index (χ4n) is 2.87. The highest BCUT2D eigenvalue weighted by Crippen LogP contribution is 2.37. The lowest BCUT2D eigenvalue weighted by molar-refractivity contribution is 0.213. The number of aliphatic hydroxyl groups is 1. The van der Waals surface area contributed by atoms with Crippen molar-refractivity contribution in [3.8, 4) is 23.2 Å². The number of hydrogen-bond acceptors (Lipinski definition) is 8. The minimum atomic E-state index is -0.972. The first-order valence-corrected chi connectivity index (χ1v) is 9.17. The van der Waals surface area contributed by atoms with Crippen LogP contribution in [-0.2, 0) is 0 Å². The van der Waals surface area contributed by atoms with Crippen LogP contribution < -0.4 is 10.5 Å². The number of nitrogens with two attached hydrogens (primary N) is 1.